The minimum absolute atomic E-state index is 0.251. The highest BCUT2D eigenvalue weighted by Gasteiger charge is 2.22. The molecule has 1 N–H and O–H groups in total. The quantitative estimate of drug-likeness (QED) is 0.477. The van der Waals surface area contributed by atoms with Crippen LogP contribution in [0.1, 0.15) is 24.2 Å². The number of aryl methyl sites for hydroxylation is 1. The zero-order chi connectivity index (χ0) is 20.1. The van der Waals surface area contributed by atoms with E-state index in [1.807, 2.05) is 37.4 Å². The molecule has 0 radical (unpaired) electrons. The Hall–Kier alpha value is -3.45. The normalized spacial score (nSPS) is 12.7. The van der Waals surface area contributed by atoms with Crippen LogP contribution in [0, 0.1) is 6.92 Å². The average molecular weight is 406 g/mol. The van der Waals surface area contributed by atoms with Gasteiger partial charge in [-0.05, 0) is 43.7 Å². The summed E-state index contributed by atoms with van der Waals surface area (Å²) in [4.78, 5) is 20.8. The van der Waals surface area contributed by atoms with Crippen molar-refractivity contribution in [3.8, 4) is 11.3 Å². The van der Waals surface area contributed by atoms with E-state index in [1.54, 1.807) is 25.3 Å². The maximum Gasteiger partial charge on any atom is 0.280 e. The fraction of sp³-hybridized carbons (Fsp3) is 0.143. The first kappa shape index (κ1) is 17.6. The van der Waals surface area contributed by atoms with Gasteiger partial charge in [-0.1, -0.05) is 28.9 Å². The molecular formula is C21H16ClN5O2. The Bertz CT molecular complexity index is 1420. The van der Waals surface area contributed by atoms with E-state index in [1.165, 1.54) is 4.68 Å². The summed E-state index contributed by atoms with van der Waals surface area (Å²) in [7, 11) is 0. The molecule has 0 spiro atoms. The third-order valence-corrected chi connectivity index (χ3v) is 5.35. The van der Waals surface area contributed by atoms with Crippen molar-refractivity contribution in [2.24, 2.45) is 0 Å². The molecule has 144 valence electrons. The first-order chi connectivity index (χ1) is 14.0. The summed E-state index contributed by atoms with van der Waals surface area (Å²) in [6.45, 7) is 3.67. The molecule has 0 amide bonds. The van der Waals surface area contributed by atoms with Gasteiger partial charge in [0.2, 0.25) is 5.58 Å². The summed E-state index contributed by atoms with van der Waals surface area (Å²) in [6.07, 6.45) is 3.55. The van der Waals surface area contributed by atoms with E-state index in [-0.39, 0.29) is 11.6 Å². The maximum atomic E-state index is 13.2. The average Bonchev–Trinajstić information content (AvgIpc) is 3.35. The first-order valence-corrected chi connectivity index (χ1v) is 9.48. The van der Waals surface area contributed by atoms with Crippen LogP contribution in [0.2, 0.25) is 5.02 Å². The van der Waals surface area contributed by atoms with Crippen molar-refractivity contribution in [1.82, 2.24) is 24.9 Å². The number of nitrogens with one attached hydrogen (secondary N) is 1. The van der Waals surface area contributed by atoms with Gasteiger partial charge >= 0.3 is 0 Å². The fourth-order valence-electron chi connectivity index (χ4n) is 3.49. The van der Waals surface area contributed by atoms with Gasteiger partial charge in [-0.15, -0.1) is 0 Å². The lowest BCUT2D eigenvalue weighted by molar-refractivity contribution is 0.448. The number of hydrogen-bond acceptors (Lipinski definition) is 5. The molecule has 4 heterocycles. The molecule has 4 aromatic heterocycles. The molecule has 29 heavy (non-hydrogen) atoms. The summed E-state index contributed by atoms with van der Waals surface area (Å²) < 4.78 is 6.95. The molecule has 1 unspecified atom stereocenters. The molecule has 0 aliphatic rings. The molecule has 7 nitrogen and oxygen atoms in total. The second-order valence-corrected chi connectivity index (χ2v) is 7.37. The third-order valence-electron chi connectivity index (χ3n) is 5.10. The second-order valence-electron chi connectivity index (χ2n) is 6.93. The van der Waals surface area contributed by atoms with Crippen LogP contribution in [0.5, 0.6) is 0 Å². The Morgan fingerprint density at radius 3 is 2.79 bits per heavy atom. The van der Waals surface area contributed by atoms with Gasteiger partial charge in [0.25, 0.3) is 5.56 Å². The van der Waals surface area contributed by atoms with Crippen LogP contribution >= 0.6 is 11.6 Å². The highest BCUT2D eigenvalue weighted by Crippen LogP contribution is 2.29. The van der Waals surface area contributed by atoms with E-state index < -0.39 is 0 Å². The van der Waals surface area contributed by atoms with E-state index in [0.717, 1.165) is 22.2 Å². The number of pyridine rings is 1. The molecular weight excluding hydrogens is 390 g/mol. The molecule has 0 saturated heterocycles. The predicted molar refractivity (Wildman–Crippen MR) is 111 cm³/mol. The standard InChI is InChI=1S/C21H16ClN5O2/c1-11-18-20(29-26-11)19(14-9-17-16(24-10-14)7-8-23-17)25-27(21(18)28)12(2)13-3-5-15(22)6-4-13/h3-10,12,23H,1-2H3. The highest BCUT2D eigenvalue weighted by molar-refractivity contribution is 6.30. The van der Waals surface area contributed by atoms with Gasteiger partial charge in [0.1, 0.15) is 11.1 Å². The molecule has 0 aliphatic heterocycles. The van der Waals surface area contributed by atoms with Crippen molar-refractivity contribution in [3.05, 3.63) is 75.4 Å². The lowest BCUT2D eigenvalue weighted by atomic mass is 10.1. The number of nitrogens with zero attached hydrogens (tertiary/aromatic N) is 4. The largest absolute Gasteiger partial charge is 0.360 e. The Kier molecular flexibility index (Phi) is 3.99. The van der Waals surface area contributed by atoms with Gasteiger partial charge < -0.3 is 9.51 Å². The summed E-state index contributed by atoms with van der Waals surface area (Å²) in [5, 5.41) is 9.72. The van der Waals surface area contributed by atoms with Crippen LogP contribution in [0.15, 0.2) is 58.1 Å². The monoisotopic (exact) mass is 405 g/mol. The van der Waals surface area contributed by atoms with Gasteiger partial charge in [-0.3, -0.25) is 9.78 Å². The smallest absolute Gasteiger partial charge is 0.280 e. The van der Waals surface area contributed by atoms with E-state index in [0.29, 0.717) is 27.4 Å². The molecule has 0 fully saturated rings. The van der Waals surface area contributed by atoms with Crippen LogP contribution < -0.4 is 5.56 Å². The summed E-state index contributed by atoms with van der Waals surface area (Å²) in [5.41, 5.74) is 4.53. The minimum atomic E-state index is -0.306. The summed E-state index contributed by atoms with van der Waals surface area (Å²) >= 11 is 6.01. The number of aromatic amines is 1. The zero-order valence-corrected chi connectivity index (χ0v) is 16.4. The molecule has 0 aliphatic carbocycles. The molecule has 0 bridgehead atoms. The lowest BCUT2D eigenvalue weighted by Gasteiger charge is -2.16. The highest BCUT2D eigenvalue weighted by atomic mass is 35.5. The van der Waals surface area contributed by atoms with E-state index in [9.17, 15) is 4.79 Å². The Balaban J connectivity index is 1.77. The van der Waals surface area contributed by atoms with Crippen molar-refractivity contribution < 1.29 is 4.52 Å². The Morgan fingerprint density at radius 2 is 2.00 bits per heavy atom. The van der Waals surface area contributed by atoms with Crippen molar-refractivity contribution >= 4 is 33.6 Å². The van der Waals surface area contributed by atoms with Crippen LogP contribution in [0.3, 0.4) is 0 Å². The van der Waals surface area contributed by atoms with Crippen molar-refractivity contribution in [1.29, 1.82) is 0 Å². The lowest BCUT2D eigenvalue weighted by Crippen LogP contribution is -2.27. The predicted octanol–water partition coefficient (Wildman–Crippen LogP) is 4.50. The summed E-state index contributed by atoms with van der Waals surface area (Å²) in [6, 6.07) is 10.9. The van der Waals surface area contributed by atoms with Crippen LogP contribution in [-0.2, 0) is 0 Å². The summed E-state index contributed by atoms with van der Waals surface area (Å²) in [5.74, 6) is 0. The van der Waals surface area contributed by atoms with Crippen molar-refractivity contribution in [2.45, 2.75) is 19.9 Å². The molecule has 5 rings (SSSR count). The Morgan fingerprint density at radius 1 is 1.21 bits per heavy atom. The van der Waals surface area contributed by atoms with E-state index in [4.69, 9.17) is 16.1 Å². The van der Waals surface area contributed by atoms with Gasteiger partial charge in [0, 0.05) is 23.0 Å². The zero-order valence-electron chi connectivity index (χ0n) is 15.7. The number of fused-ring (bicyclic) bond motifs is 2. The Labute approximate surface area is 169 Å². The minimum Gasteiger partial charge on any atom is -0.360 e. The number of benzene rings is 1. The number of rotatable bonds is 3. The van der Waals surface area contributed by atoms with Crippen molar-refractivity contribution in [2.75, 3.05) is 0 Å². The second kappa shape index (κ2) is 6.56. The molecule has 0 saturated carbocycles. The molecule has 5 aromatic rings. The SMILES string of the molecule is Cc1noc2c(-c3cnc4cc[nH]c4c3)nn(C(C)c3ccc(Cl)cc3)c(=O)c12. The molecule has 1 aromatic carbocycles. The van der Waals surface area contributed by atoms with Gasteiger partial charge in [-0.25, -0.2) is 4.68 Å². The number of aromatic nitrogens is 5. The van der Waals surface area contributed by atoms with Crippen LogP contribution in [-0.4, -0.2) is 24.9 Å². The van der Waals surface area contributed by atoms with Crippen molar-refractivity contribution in [3.63, 3.8) is 0 Å². The number of H-pyrrole nitrogens is 1. The fourth-order valence-corrected chi connectivity index (χ4v) is 3.62. The van der Waals surface area contributed by atoms with E-state index in [2.05, 4.69) is 20.2 Å². The van der Waals surface area contributed by atoms with Crippen LogP contribution in [0.4, 0.5) is 0 Å². The van der Waals surface area contributed by atoms with Gasteiger partial charge in [0.05, 0.1) is 22.8 Å². The van der Waals surface area contributed by atoms with E-state index >= 15 is 0 Å². The molecule has 1 atom stereocenters. The molecule has 8 heteroatoms. The topological polar surface area (TPSA) is 89.6 Å². The third kappa shape index (κ3) is 2.82. The van der Waals surface area contributed by atoms with Crippen LogP contribution in [0.25, 0.3) is 33.3 Å². The maximum absolute atomic E-state index is 13.2. The first-order valence-electron chi connectivity index (χ1n) is 9.10. The van der Waals surface area contributed by atoms with Gasteiger partial charge in [0.15, 0.2) is 0 Å². The van der Waals surface area contributed by atoms with Gasteiger partial charge in [-0.2, -0.15) is 5.10 Å². The number of halogens is 1. The number of hydrogen-bond donors (Lipinski definition) is 1.